The zero-order valence-corrected chi connectivity index (χ0v) is 22.2. The van der Waals surface area contributed by atoms with Gasteiger partial charge in [-0.1, -0.05) is 105 Å². The zero-order valence-electron chi connectivity index (χ0n) is 18.6. The van der Waals surface area contributed by atoms with E-state index in [2.05, 4.69) is 55.4 Å². The van der Waals surface area contributed by atoms with Crippen molar-refractivity contribution in [3.63, 3.8) is 0 Å². The minimum Gasteiger partial charge on any atom is -0.343 e. The summed E-state index contributed by atoms with van der Waals surface area (Å²) in [6.45, 7) is 23.7. The average molecular weight is 519 g/mol. The second-order valence-electron chi connectivity index (χ2n) is 6.24. The maximum absolute atomic E-state index is 3.72. The molecule has 0 aliphatic heterocycles. The topological polar surface area (TPSA) is 0 Å². The molecule has 0 fully saturated rings. The van der Waals surface area contributed by atoms with Crippen molar-refractivity contribution >= 4 is 0 Å². The van der Waals surface area contributed by atoms with Crippen molar-refractivity contribution in [2.24, 2.45) is 0 Å². The van der Waals surface area contributed by atoms with Crippen LogP contribution in [0.2, 0.25) is 0 Å². The molecule has 0 aromatic carbocycles. The Morgan fingerprint density at radius 1 is 0.360 bits per heavy atom. The van der Waals surface area contributed by atoms with Gasteiger partial charge < -0.3 is 27.7 Å². The minimum absolute atomic E-state index is 0. The van der Waals surface area contributed by atoms with Crippen LogP contribution in [0.25, 0.3) is 0 Å². The molecule has 0 saturated carbocycles. The first-order valence-electron chi connectivity index (χ1n) is 10.8. The number of hydrogen-bond donors (Lipinski definition) is 0. The molecule has 0 saturated heterocycles. The van der Waals surface area contributed by atoms with Crippen molar-refractivity contribution in [2.45, 2.75) is 130 Å². The van der Waals surface area contributed by atoms with Gasteiger partial charge in [0.25, 0.3) is 0 Å². The molecule has 0 nitrogen and oxygen atoms in total. The number of unbranched alkanes of at least 4 members (excludes halogenated alkanes) is 12. The van der Waals surface area contributed by atoms with Crippen molar-refractivity contribution in [1.82, 2.24) is 0 Å². The largest absolute Gasteiger partial charge is 4.00 e. The van der Waals surface area contributed by atoms with Gasteiger partial charge in [0.15, 0.2) is 0 Å². The molecular formula is C24H52Hf. The van der Waals surface area contributed by atoms with Crippen LogP contribution in [0.5, 0.6) is 0 Å². The third-order valence-electron chi connectivity index (χ3n) is 3.41. The monoisotopic (exact) mass is 520 g/mol. The van der Waals surface area contributed by atoms with Gasteiger partial charge in [-0.3, -0.25) is 0 Å². The van der Waals surface area contributed by atoms with Crippen molar-refractivity contribution in [1.29, 1.82) is 0 Å². The van der Waals surface area contributed by atoms with E-state index in [1.165, 1.54) is 77.0 Å². The Balaban J connectivity index is -0.0000000702. The van der Waals surface area contributed by atoms with Gasteiger partial charge in [-0.2, -0.15) is 25.7 Å². The van der Waals surface area contributed by atoms with Crippen LogP contribution in [-0.4, -0.2) is 0 Å². The summed E-state index contributed by atoms with van der Waals surface area (Å²) in [5.41, 5.74) is 0. The fraction of sp³-hybridized carbons (Fsp3) is 0.833. The van der Waals surface area contributed by atoms with Crippen molar-refractivity contribution in [3.05, 3.63) is 27.7 Å². The average Bonchev–Trinajstić information content (AvgIpc) is 2.62. The van der Waals surface area contributed by atoms with Gasteiger partial charge in [0.1, 0.15) is 0 Å². The molecule has 0 aliphatic carbocycles. The molecule has 0 heterocycles. The van der Waals surface area contributed by atoms with Crippen LogP contribution in [0.15, 0.2) is 0 Å². The summed E-state index contributed by atoms with van der Waals surface area (Å²) in [6.07, 6.45) is 20.3. The first-order valence-corrected chi connectivity index (χ1v) is 10.8. The number of rotatable bonds is 12. The normalized spacial score (nSPS) is 8.64. The van der Waals surface area contributed by atoms with E-state index < -0.39 is 0 Å². The molecular weight excluding hydrogens is 467 g/mol. The summed E-state index contributed by atoms with van der Waals surface area (Å²) in [5.74, 6) is 0. The predicted octanol–water partition coefficient (Wildman–Crippen LogP) is 9.60. The molecule has 0 N–H and O–H groups in total. The predicted molar refractivity (Wildman–Crippen MR) is 118 cm³/mol. The summed E-state index contributed by atoms with van der Waals surface area (Å²) in [7, 11) is 0. The van der Waals surface area contributed by atoms with Crippen LogP contribution < -0.4 is 0 Å². The Bertz CT molecular complexity index is 86.1. The van der Waals surface area contributed by atoms with Crippen LogP contribution >= 0.6 is 0 Å². The second kappa shape index (κ2) is 49.8. The summed E-state index contributed by atoms with van der Waals surface area (Å²) < 4.78 is 0. The molecule has 1 heteroatoms. The Labute approximate surface area is 183 Å². The van der Waals surface area contributed by atoms with E-state index >= 15 is 0 Å². The first kappa shape index (κ1) is 36.7. The van der Waals surface area contributed by atoms with Gasteiger partial charge in [0, 0.05) is 0 Å². The standard InChI is InChI=1S/4C6H13.Hf/c4*1-3-5-6-4-2;/h4*1,3-6H2,2H3;/q4*-1;+4. The molecule has 0 aliphatic rings. The van der Waals surface area contributed by atoms with Crippen LogP contribution in [-0.2, 0) is 25.8 Å². The molecule has 0 rings (SSSR count). The fourth-order valence-electron chi connectivity index (χ4n) is 1.71. The first-order chi connectivity index (χ1) is 11.7. The molecule has 25 heavy (non-hydrogen) atoms. The SMILES string of the molecule is [CH2-]CCCCC.[CH2-]CCCCC.[CH2-]CCCCC.[CH2-]CCCCC.[Hf+4]. The molecule has 0 radical (unpaired) electrons. The third-order valence-corrected chi connectivity index (χ3v) is 3.41. The maximum Gasteiger partial charge on any atom is 4.00 e. The van der Waals surface area contributed by atoms with Crippen LogP contribution in [0.1, 0.15) is 130 Å². The molecule has 0 amide bonds. The second-order valence-corrected chi connectivity index (χ2v) is 6.24. The van der Waals surface area contributed by atoms with E-state index in [9.17, 15) is 0 Å². The van der Waals surface area contributed by atoms with Crippen LogP contribution in [0, 0.1) is 27.7 Å². The van der Waals surface area contributed by atoms with Gasteiger partial charge in [0.05, 0.1) is 0 Å². The Morgan fingerprint density at radius 3 is 0.560 bits per heavy atom. The van der Waals surface area contributed by atoms with Gasteiger partial charge in [0.2, 0.25) is 0 Å². The molecule has 0 atom stereocenters. The van der Waals surface area contributed by atoms with Crippen molar-refractivity contribution in [2.75, 3.05) is 0 Å². The van der Waals surface area contributed by atoms with Gasteiger partial charge >= 0.3 is 25.8 Å². The summed E-state index contributed by atoms with van der Waals surface area (Å²) in [6, 6.07) is 0. The van der Waals surface area contributed by atoms with Gasteiger partial charge in [-0.15, -0.1) is 0 Å². The fourth-order valence-corrected chi connectivity index (χ4v) is 1.71. The van der Waals surface area contributed by atoms with E-state index in [0.717, 1.165) is 25.7 Å². The van der Waals surface area contributed by atoms with E-state index in [1.807, 2.05) is 0 Å². The van der Waals surface area contributed by atoms with E-state index in [4.69, 9.17) is 0 Å². The molecule has 0 unspecified atom stereocenters. The molecule has 0 spiro atoms. The number of hydrogen-bond acceptors (Lipinski definition) is 0. The Kier molecular flexibility index (Phi) is 73.2. The van der Waals surface area contributed by atoms with Crippen LogP contribution in [0.4, 0.5) is 0 Å². The van der Waals surface area contributed by atoms with E-state index in [0.29, 0.717) is 0 Å². The maximum atomic E-state index is 3.72. The van der Waals surface area contributed by atoms with E-state index in [1.54, 1.807) is 0 Å². The van der Waals surface area contributed by atoms with Crippen molar-refractivity contribution < 1.29 is 25.8 Å². The third kappa shape index (κ3) is 78.5. The summed E-state index contributed by atoms with van der Waals surface area (Å²) in [5, 5.41) is 0. The smallest absolute Gasteiger partial charge is 0.343 e. The van der Waals surface area contributed by atoms with Gasteiger partial charge in [-0.05, 0) is 0 Å². The van der Waals surface area contributed by atoms with Gasteiger partial charge in [-0.25, -0.2) is 0 Å². The zero-order chi connectivity index (χ0) is 19.3. The Hall–Kier alpha value is 0.870. The molecule has 152 valence electrons. The molecule has 0 bridgehead atoms. The summed E-state index contributed by atoms with van der Waals surface area (Å²) in [4.78, 5) is 0. The molecule has 0 aromatic rings. The minimum atomic E-state index is 0. The molecule has 0 aromatic heterocycles. The van der Waals surface area contributed by atoms with Crippen molar-refractivity contribution in [3.8, 4) is 0 Å². The summed E-state index contributed by atoms with van der Waals surface area (Å²) >= 11 is 0. The van der Waals surface area contributed by atoms with Crippen LogP contribution in [0.3, 0.4) is 0 Å². The Morgan fingerprint density at radius 2 is 0.520 bits per heavy atom. The van der Waals surface area contributed by atoms with E-state index in [-0.39, 0.29) is 25.8 Å². The quantitative estimate of drug-likeness (QED) is 0.137.